The first-order valence-corrected chi connectivity index (χ1v) is 1.11. The Morgan fingerprint density at radius 3 is 1.00 bits per heavy atom. The Balaban J connectivity index is -0.0000000417. The Hall–Kier alpha value is 0.870. The van der Waals surface area contributed by atoms with E-state index in [1.54, 1.807) is 0 Å². The standard InChI is InChI=1S/C2H2O4.FH.2Na.2H/c3-1(4)2(5)6;;;;;/h(H,3,4)(H,5,6);1H;;;;. The third-order valence-corrected chi connectivity index (χ3v) is 0.183. The molecule has 0 aliphatic rings. The first kappa shape index (κ1) is 22.5. The monoisotopic (exact) mass is 158 g/mol. The molecule has 0 saturated heterocycles. The van der Waals surface area contributed by atoms with Crippen molar-refractivity contribution < 1.29 is 24.5 Å². The number of carboxylic acids is 2. The van der Waals surface area contributed by atoms with E-state index in [1.807, 2.05) is 0 Å². The SMILES string of the molecule is F.O=C(O)C(=O)O.[NaH].[NaH]. The van der Waals surface area contributed by atoms with Crippen molar-refractivity contribution in [2.45, 2.75) is 0 Å². The van der Waals surface area contributed by atoms with Gasteiger partial charge in [0.05, 0.1) is 0 Å². The normalized spacial score (nSPS) is 4.89. The van der Waals surface area contributed by atoms with Gasteiger partial charge in [-0.15, -0.1) is 0 Å². The van der Waals surface area contributed by atoms with Gasteiger partial charge in [0.25, 0.3) is 0 Å². The molecule has 2 N–H and O–H groups in total. The molecule has 4 nitrogen and oxygen atoms in total. The van der Waals surface area contributed by atoms with E-state index >= 15 is 0 Å². The fraction of sp³-hybridized carbons (Fsp3) is 0. The van der Waals surface area contributed by atoms with Crippen LogP contribution in [0.2, 0.25) is 0 Å². The molecule has 0 bridgehead atoms. The average molecular weight is 158 g/mol. The molecule has 0 aliphatic carbocycles. The summed E-state index contributed by atoms with van der Waals surface area (Å²) >= 11 is 0. The Morgan fingerprint density at radius 2 is 1.00 bits per heavy atom. The van der Waals surface area contributed by atoms with Crippen LogP contribution in [0.1, 0.15) is 0 Å². The van der Waals surface area contributed by atoms with Crippen molar-refractivity contribution >= 4 is 71.1 Å². The summed E-state index contributed by atoms with van der Waals surface area (Å²) in [5.41, 5.74) is 0. The van der Waals surface area contributed by atoms with Crippen molar-refractivity contribution in [1.82, 2.24) is 0 Å². The van der Waals surface area contributed by atoms with Crippen LogP contribution in [0.5, 0.6) is 0 Å². The summed E-state index contributed by atoms with van der Waals surface area (Å²) in [4.78, 5) is 18.2. The number of rotatable bonds is 0. The molecular formula is C2H5FNa2O4. The van der Waals surface area contributed by atoms with Gasteiger partial charge in [0.2, 0.25) is 0 Å². The first-order chi connectivity index (χ1) is 2.64. The maximum atomic E-state index is 9.10. The second-order valence-corrected chi connectivity index (χ2v) is 0.610. The van der Waals surface area contributed by atoms with Crippen molar-refractivity contribution in [2.24, 2.45) is 0 Å². The fourth-order valence-electron chi connectivity index (χ4n) is 0. The zero-order valence-corrected chi connectivity index (χ0v) is 3.12. The molecule has 0 spiro atoms. The number of aliphatic carboxylic acids is 2. The molecule has 0 fully saturated rings. The van der Waals surface area contributed by atoms with Gasteiger partial charge in [-0.2, -0.15) is 0 Å². The molecule has 0 aromatic heterocycles. The quantitative estimate of drug-likeness (QED) is 0.316. The van der Waals surface area contributed by atoms with Gasteiger partial charge in [-0.25, -0.2) is 9.59 Å². The van der Waals surface area contributed by atoms with Crippen molar-refractivity contribution in [2.75, 3.05) is 0 Å². The van der Waals surface area contributed by atoms with Crippen LogP contribution in [0.25, 0.3) is 0 Å². The van der Waals surface area contributed by atoms with Crippen molar-refractivity contribution in [3.05, 3.63) is 0 Å². The van der Waals surface area contributed by atoms with Crippen molar-refractivity contribution in [1.29, 1.82) is 0 Å². The average Bonchev–Trinajstić information content (AvgIpc) is 1.36. The van der Waals surface area contributed by atoms with Gasteiger partial charge in [-0.1, -0.05) is 0 Å². The second-order valence-electron chi connectivity index (χ2n) is 0.610. The van der Waals surface area contributed by atoms with Gasteiger partial charge in [-0.05, 0) is 0 Å². The number of carbonyl (C=O) groups is 2. The van der Waals surface area contributed by atoms with Gasteiger partial charge >= 0.3 is 71.1 Å². The predicted molar refractivity (Wildman–Crippen MR) is 32.1 cm³/mol. The van der Waals surface area contributed by atoms with Gasteiger partial charge in [0, 0.05) is 0 Å². The topological polar surface area (TPSA) is 74.6 Å². The van der Waals surface area contributed by atoms with Crippen LogP contribution in [0.3, 0.4) is 0 Å². The first-order valence-electron chi connectivity index (χ1n) is 1.11. The number of hydrogen-bond acceptors (Lipinski definition) is 2. The Kier molecular flexibility index (Phi) is 29.1. The van der Waals surface area contributed by atoms with Crippen LogP contribution < -0.4 is 0 Å². The summed E-state index contributed by atoms with van der Waals surface area (Å²) in [6.45, 7) is 0. The molecule has 0 saturated carbocycles. The second kappa shape index (κ2) is 11.6. The van der Waals surface area contributed by atoms with Gasteiger partial charge in [-0.3, -0.25) is 4.70 Å². The molecule has 0 rings (SSSR count). The molecule has 7 heteroatoms. The van der Waals surface area contributed by atoms with E-state index < -0.39 is 11.9 Å². The van der Waals surface area contributed by atoms with E-state index in [9.17, 15) is 0 Å². The van der Waals surface area contributed by atoms with Gasteiger partial charge in [0.1, 0.15) is 0 Å². The molecule has 0 aliphatic heterocycles. The number of hydrogen-bond donors (Lipinski definition) is 2. The minimum atomic E-state index is -1.82. The number of carboxylic acid groups (broad SMARTS) is 2. The molecule has 46 valence electrons. The summed E-state index contributed by atoms with van der Waals surface area (Å²) in [6.07, 6.45) is 0. The van der Waals surface area contributed by atoms with E-state index in [2.05, 4.69) is 0 Å². The maximum absolute atomic E-state index is 9.10. The summed E-state index contributed by atoms with van der Waals surface area (Å²) in [7, 11) is 0. The van der Waals surface area contributed by atoms with Crippen molar-refractivity contribution in [3.63, 3.8) is 0 Å². The third-order valence-electron chi connectivity index (χ3n) is 0.183. The number of halogens is 1. The van der Waals surface area contributed by atoms with E-state index in [0.717, 1.165) is 0 Å². The minimum absolute atomic E-state index is 0. The summed E-state index contributed by atoms with van der Waals surface area (Å²) in [5, 5.41) is 14.8. The molecule has 0 radical (unpaired) electrons. The summed E-state index contributed by atoms with van der Waals surface area (Å²) < 4.78 is 0. The van der Waals surface area contributed by atoms with E-state index in [1.165, 1.54) is 0 Å². The summed E-state index contributed by atoms with van der Waals surface area (Å²) in [6, 6.07) is 0. The third kappa shape index (κ3) is 17.7. The Morgan fingerprint density at radius 1 is 0.889 bits per heavy atom. The van der Waals surface area contributed by atoms with Crippen molar-refractivity contribution in [3.8, 4) is 0 Å². The molecule has 0 amide bonds. The van der Waals surface area contributed by atoms with Crippen LogP contribution in [-0.4, -0.2) is 81.3 Å². The zero-order chi connectivity index (χ0) is 5.15. The molecule has 0 atom stereocenters. The predicted octanol–water partition coefficient (Wildman–Crippen LogP) is -1.99. The van der Waals surface area contributed by atoms with E-state index in [4.69, 9.17) is 19.8 Å². The van der Waals surface area contributed by atoms with Crippen LogP contribution in [-0.2, 0) is 9.59 Å². The summed E-state index contributed by atoms with van der Waals surface area (Å²) in [5.74, 6) is -3.65. The van der Waals surface area contributed by atoms with Crippen LogP contribution in [0.15, 0.2) is 0 Å². The molecule has 0 unspecified atom stereocenters. The molecule has 0 aromatic carbocycles. The fourth-order valence-corrected chi connectivity index (χ4v) is 0. The molecular weight excluding hydrogens is 153 g/mol. The zero-order valence-electron chi connectivity index (χ0n) is 3.12. The van der Waals surface area contributed by atoms with Crippen LogP contribution in [0, 0.1) is 0 Å². The van der Waals surface area contributed by atoms with Gasteiger partial charge < -0.3 is 10.2 Å². The molecule has 0 heterocycles. The van der Waals surface area contributed by atoms with Crippen LogP contribution >= 0.6 is 0 Å². The van der Waals surface area contributed by atoms with Crippen LogP contribution in [0.4, 0.5) is 4.70 Å². The Bertz CT molecular complexity index is 82.6. The Labute approximate surface area is 94.6 Å². The van der Waals surface area contributed by atoms with E-state index in [-0.39, 0.29) is 63.8 Å². The van der Waals surface area contributed by atoms with E-state index in [0.29, 0.717) is 0 Å². The molecule has 0 aromatic rings. The molecule has 9 heavy (non-hydrogen) atoms. The van der Waals surface area contributed by atoms with Gasteiger partial charge in [0.15, 0.2) is 0 Å².